The summed E-state index contributed by atoms with van der Waals surface area (Å²) in [5.41, 5.74) is 3.18. The number of methoxy groups -OCH3 is 2. The summed E-state index contributed by atoms with van der Waals surface area (Å²) in [5.74, 6) is -2.14. The third kappa shape index (κ3) is 1.84. The number of esters is 2. The summed E-state index contributed by atoms with van der Waals surface area (Å²) in [6, 6.07) is 13.6. The molecule has 0 amide bonds. The molecule has 1 aliphatic carbocycles. The van der Waals surface area contributed by atoms with Crippen LogP contribution in [0.4, 0.5) is 0 Å². The van der Waals surface area contributed by atoms with E-state index in [1.165, 1.54) is 14.2 Å². The number of carbonyl (C=O) groups is 2. The Hall–Kier alpha value is -2.69. The molecule has 5 heteroatoms. The van der Waals surface area contributed by atoms with E-state index >= 15 is 0 Å². The smallest absolute Gasteiger partial charge is 0.316 e. The number of hydrogen-bond donors (Lipinski definition) is 0. The number of benzene rings is 1. The molecule has 0 radical (unpaired) electrons. The van der Waals surface area contributed by atoms with Gasteiger partial charge in [-0.15, -0.1) is 0 Å². The molecule has 1 aromatic heterocycles. The zero-order chi connectivity index (χ0) is 16.8. The lowest BCUT2D eigenvalue weighted by molar-refractivity contribution is -0.737. The first-order valence-electron chi connectivity index (χ1n) is 7.93. The van der Waals surface area contributed by atoms with Crippen LogP contribution in [0.1, 0.15) is 28.8 Å². The van der Waals surface area contributed by atoms with Crippen molar-refractivity contribution in [3.8, 4) is 0 Å². The highest BCUT2D eigenvalue weighted by atomic mass is 16.5. The summed E-state index contributed by atoms with van der Waals surface area (Å²) in [6.07, 6.45) is 1.96. The Labute approximate surface area is 139 Å². The molecule has 0 saturated carbocycles. The maximum absolute atomic E-state index is 12.6. The molecule has 2 bridgehead atoms. The van der Waals surface area contributed by atoms with Crippen molar-refractivity contribution in [3.05, 3.63) is 65.5 Å². The van der Waals surface area contributed by atoms with E-state index < -0.39 is 11.8 Å². The Kier molecular flexibility index (Phi) is 3.37. The Bertz CT molecular complexity index is 716. The van der Waals surface area contributed by atoms with Crippen molar-refractivity contribution in [2.24, 2.45) is 11.8 Å². The maximum Gasteiger partial charge on any atom is 0.316 e. The lowest BCUT2D eigenvalue weighted by Gasteiger charge is -2.42. The molecule has 2 aromatic rings. The molecular weight excluding hydrogens is 306 g/mol. The summed E-state index contributed by atoms with van der Waals surface area (Å²) in [5, 5.41) is 0. The summed E-state index contributed by atoms with van der Waals surface area (Å²) in [6.45, 7) is 0. The molecule has 1 aromatic carbocycles. The van der Waals surface area contributed by atoms with E-state index in [1.807, 2.05) is 48.7 Å². The molecule has 4 atom stereocenters. The lowest BCUT2D eigenvalue weighted by atomic mass is 9.62. The first-order valence-corrected chi connectivity index (χ1v) is 7.93. The number of pyridine rings is 1. The second-order valence-corrected chi connectivity index (χ2v) is 6.18. The largest absolute Gasteiger partial charge is 0.469 e. The van der Waals surface area contributed by atoms with Crippen molar-refractivity contribution >= 4 is 11.9 Å². The minimum absolute atomic E-state index is 0.219. The Morgan fingerprint density at radius 1 is 0.875 bits per heavy atom. The van der Waals surface area contributed by atoms with Gasteiger partial charge in [-0.1, -0.05) is 30.3 Å². The van der Waals surface area contributed by atoms with Gasteiger partial charge in [-0.05, 0) is 5.56 Å². The van der Waals surface area contributed by atoms with E-state index in [4.69, 9.17) is 9.47 Å². The number of ether oxygens (including phenoxy) is 2. The number of nitrogens with zero attached hydrogens (tertiary/aromatic N) is 1. The van der Waals surface area contributed by atoms with Crippen molar-refractivity contribution in [2.75, 3.05) is 14.2 Å². The third-order valence-electron chi connectivity index (χ3n) is 5.22. The number of fused-ring (bicyclic) bond motifs is 1. The van der Waals surface area contributed by atoms with E-state index in [-0.39, 0.29) is 23.9 Å². The second kappa shape index (κ2) is 5.44. The molecule has 0 N–H and O–H groups in total. The van der Waals surface area contributed by atoms with Gasteiger partial charge in [0.05, 0.1) is 26.1 Å². The molecule has 0 spiro atoms. The number of aromatic nitrogens is 1. The minimum Gasteiger partial charge on any atom is -0.469 e. The molecule has 0 fully saturated rings. The van der Waals surface area contributed by atoms with Crippen molar-refractivity contribution in [2.45, 2.75) is 12.0 Å². The van der Waals surface area contributed by atoms with Crippen molar-refractivity contribution in [1.82, 2.24) is 0 Å². The first kappa shape index (κ1) is 14.9. The fraction of sp³-hybridized carbons (Fsp3) is 0.316. The van der Waals surface area contributed by atoms with Gasteiger partial charge >= 0.3 is 11.9 Å². The first-order chi connectivity index (χ1) is 11.7. The van der Waals surface area contributed by atoms with E-state index in [2.05, 4.69) is 4.57 Å². The molecule has 5 rings (SSSR count). The van der Waals surface area contributed by atoms with Crippen LogP contribution in [0, 0.1) is 11.8 Å². The average Bonchev–Trinajstić information content (AvgIpc) is 2.66. The highest BCUT2D eigenvalue weighted by Crippen LogP contribution is 2.52. The Balaban J connectivity index is 2.02. The molecule has 122 valence electrons. The normalized spacial score (nSPS) is 26.2. The van der Waals surface area contributed by atoms with Gasteiger partial charge in [-0.2, -0.15) is 4.57 Å². The van der Waals surface area contributed by atoms with Crippen LogP contribution in [0.2, 0.25) is 0 Å². The summed E-state index contributed by atoms with van der Waals surface area (Å²) in [7, 11) is 2.73. The molecule has 3 heterocycles. The number of hydrogen-bond acceptors (Lipinski definition) is 4. The molecule has 3 aliphatic rings. The lowest BCUT2D eigenvalue weighted by Crippen LogP contribution is -2.62. The van der Waals surface area contributed by atoms with Crippen LogP contribution in [-0.2, 0) is 19.1 Å². The highest BCUT2D eigenvalue weighted by molar-refractivity contribution is 5.85. The number of carbonyl (C=O) groups excluding carboxylic acids is 2. The van der Waals surface area contributed by atoms with Crippen molar-refractivity contribution < 1.29 is 23.6 Å². The Morgan fingerprint density at radius 2 is 1.50 bits per heavy atom. The predicted octanol–water partition coefficient (Wildman–Crippen LogP) is 1.60. The summed E-state index contributed by atoms with van der Waals surface area (Å²) in [4.78, 5) is 25.1. The molecule has 2 aliphatic heterocycles. The molecule has 0 unspecified atom stereocenters. The summed E-state index contributed by atoms with van der Waals surface area (Å²) < 4.78 is 12.2. The van der Waals surface area contributed by atoms with E-state index in [1.54, 1.807) is 0 Å². The van der Waals surface area contributed by atoms with Gasteiger partial charge in [0.15, 0.2) is 17.9 Å². The Morgan fingerprint density at radius 3 is 2.21 bits per heavy atom. The number of rotatable bonds is 2. The van der Waals surface area contributed by atoms with Crippen LogP contribution in [-0.4, -0.2) is 26.2 Å². The van der Waals surface area contributed by atoms with Crippen LogP contribution in [0.25, 0.3) is 0 Å². The minimum atomic E-state index is -0.595. The third-order valence-corrected chi connectivity index (χ3v) is 5.22. The van der Waals surface area contributed by atoms with Crippen LogP contribution in [0.15, 0.2) is 48.7 Å². The zero-order valence-electron chi connectivity index (χ0n) is 13.5. The van der Waals surface area contributed by atoms with Gasteiger partial charge in [0.25, 0.3) is 0 Å². The van der Waals surface area contributed by atoms with Crippen LogP contribution >= 0.6 is 0 Å². The quantitative estimate of drug-likeness (QED) is 0.622. The van der Waals surface area contributed by atoms with Gasteiger partial charge in [-0.3, -0.25) is 9.59 Å². The van der Waals surface area contributed by atoms with E-state index in [9.17, 15) is 9.59 Å². The molecular formula is C19H18NO4+. The van der Waals surface area contributed by atoms with Crippen LogP contribution in [0.3, 0.4) is 0 Å². The van der Waals surface area contributed by atoms with E-state index in [0.29, 0.717) is 0 Å². The van der Waals surface area contributed by atoms with Gasteiger partial charge in [0, 0.05) is 17.7 Å². The fourth-order valence-corrected chi connectivity index (χ4v) is 4.34. The average molecular weight is 324 g/mol. The van der Waals surface area contributed by atoms with Gasteiger partial charge in [0.1, 0.15) is 5.92 Å². The molecule has 24 heavy (non-hydrogen) atoms. The second-order valence-electron chi connectivity index (χ2n) is 6.18. The van der Waals surface area contributed by atoms with Crippen molar-refractivity contribution in [1.29, 1.82) is 0 Å². The molecule has 5 nitrogen and oxygen atoms in total. The van der Waals surface area contributed by atoms with Crippen LogP contribution in [0.5, 0.6) is 0 Å². The SMILES string of the molecule is COC(=O)[C@@H]1[C@H]2c3ccccc3[C@@H]([C@@H]1C(=O)OC)[n+]1ccccc12. The predicted molar refractivity (Wildman–Crippen MR) is 84.1 cm³/mol. The topological polar surface area (TPSA) is 56.5 Å². The fourth-order valence-electron chi connectivity index (χ4n) is 4.34. The summed E-state index contributed by atoms with van der Waals surface area (Å²) >= 11 is 0. The van der Waals surface area contributed by atoms with Crippen LogP contribution < -0.4 is 4.57 Å². The van der Waals surface area contributed by atoms with Crippen molar-refractivity contribution in [3.63, 3.8) is 0 Å². The molecule has 0 saturated heterocycles. The zero-order valence-corrected chi connectivity index (χ0v) is 13.5. The van der Waals surface area contributed by atoms with E-state index in [0.717, 1.165) is 16.8 Å². The highest BCUT2D eigenvalue weighted by Gasteiger charge is 2.61. The van der Waals surface area contributed by atoms with Gasteiger partial charge in [0.2, 0.25) is 0 Å². The standard InChI is InChI=1S/C19H18NO4/c1-23-18(21)15-14-11-7-3-4-8-12(11)17(16(15)19(22)24-2)20-10-6-5-9-13(14)20/h3-10,14-17H,1-2H3/q+1/t14-,15+,16+,17-/m0/s1. The maximum atomic E-state index is 12.6. The monoisotopic (exact) mass is 324 g/mol. The van der Waals surface area contributed by atoms with Gasteiger partial charge < -0.3 is 9.47 Å². The van der Waals surface area contributed by atoms with Gasteiger partial charge in [-0.25, -0.2) is 0 Å².